The number of hydrogen-bond donors (Lipinski definition) is 0. The number of likely N-dealkylation sites (N-methyl/N-ethyl adjacent to an activating group) is 1. The van der Waals surface area contributed by atoms with Crippen molar-refractivity contribution in [2.24, 2.45) is 0 Å². The van der Waals surface area contributed by atoms with Gasteiger partial charge in [-0.05, 0) is 12.8 Å². The number of carbonyl (C=O) groups is 1. The molecule has 30 heavy (non-hydrogen) atoms. The van der Waals surface area contributed by atoms with Crippen molar-refractivity contribution in [2.45, 2.75) is 65.0 Å². The van der Waals surface area contributed by atoms with Crippen molar-refractivity contribution >= 4 is 34.3 Å². The van der Waals surface area contributed by atoms with E-state index in [2.05, 4.69) is 40.5 Å². The molecule has 0 spiro atoms. The van der Waals surface area contributed by atoms with Gasteiger partial charge in [0, 0.05) is 44.2 Å². The van der Waals surface area contributed by atoms with Gasteiger partial charge in [0.05, 0.1) is 31.9 Å². The summed E-state index contributed by atoms with van der Waals surface area (Å²) >= 11 is 6.70. The lowest BCUT2D eigenvalue weighted by Crippen LogP contribution is -2.56. The molecule has 7 nitrogen and oxygen atoms in total. The molecule has 1 aliphatic rings. The monoisotopic (exact) mass is 462 g/mol. The summed E-state index contributed by atoms with van der Waals surface area (Å²) in [6, 6.07) is 0. The normalized spacial score (nSPS) is 19.3. The maximum absolute atomic E-state index is 11.3. The number of rotatable bonds is 11. The first kappa shape index (κ1) is 26.8. The van der Waals surface area contributed by atoms with E-state index in [1.165, 1.54) is 31.0 Å². The summed E-state index contributed by atoms with van der Waals surface area (Å²) in [7, 11) is 5.36. The van der Waals surface area contributed by atoms with Crippen LogP contribution in [-0.2, 0) is 9.47 Å². The highest BCUT2D eigenvalue weighted by Gasteiger charge is 2.38. The van der Waals surface area contributed by atoms with E-state index >= 15 is 0 Å². The Bertz CT molecular complexity index is 656. The number of quaternary nitrogens is 1. The van der Waals surface area contributed by atoms with Crippen molar-refractivity contribution in [1.29, 1.82) is 0 Å². The Morgan fingerprint density at radius 1 is 1.23 bits per heavy atom. The van der Waals surface area contributed by atoms with Crippen LogP contribution in [-0.4, -0.2) is 65.9 Å². The summed E-state index contributed by atoms with van der Waals surface area (Å²) in [6.45, 7) is 6.55. The van der Waals surface area contributed by atoms with Crippen LogP contribution in [0.5, 0.6) is 5.88 Å². The fourth-order valence-electron chi connectivity index (χ4n) is 3.50. The first-order chi connectivity index (χ1) is 14.4. The molecule has 9 heteroatoms. The molecule has 0 radical (unpaired) electrons. The van der Waals surface area contributed by atoms with Gasteiger partial charge in [0.25, 0.3) is 5.88 Å². The summed E-state index contributed by atoms with van der Waals surface area (Å²) in [4.78, 5) is 11.3. The van der Waals surface area contributed by atoms with Crippen LogP contribution in [0.15, 0.2) is 6.08 Å². The lowest BCUT2D eigenvalue weighted by atomic mass is 10.0. The van der Waals surface area contributed by atoms with Gasteiger partial charge in [-0.2, -0.15) is 4.37 Å². The van der Waals surface area contributed by atoms with Gasteiger partial charge in [-0.15, -0.1) is 4.37 Å². The molecule has 1 aromatic rings. The highest BCUT2D eigenvalue weighted by molar-refractivity contribution is 6.99. The summed E-state index contributed by atoms with van der Waals surface area (Å²) in [6.07, 6.45) is 9.17. The number of methoxy groups -OCH3 is 1. The zero-order chi connectivity index (χ0) is 22.4. The van der Waals surface area contributed by atoms with Gasteiger partial charge < -0.3 is 14.2 Å². The third-order valence-corrected chi connectivity index (χ3v) is 5.62. The van der Waals surface area contributed by atoms with Crippen molar-refractivity contribution in [3.8, 4) is 5.88 Å². The predicted molar refractivity (Wildman–Crippen MR) is 122 cm³/mol. The molecule has 0 aromatic carbocycles. The van der Waals surface area contributed by atoms with Crippen LogP contribution in [0.25, 0.3) is 5.57 Å². The Hall–Kier alpha value is -1.22. The lowest BCUT2D eigenvalue weighted by molar-refractivity contribution is -0.946. The molecule has 172 valence electrons. The maximum Gasteiger partial charge on any atom is 0.408 e. The molecule has 0 saturated heterocycles. The highest BCUT2D eigenvalue weighted by Crippen LogP contribution is 2.32. The predicted octanol–water partition coefficient (Wildman–Crippen LogP) is 5.50. The molecule has 0 bridgehead atoms. The van der Waals surface area contributed by atoms with E-state index in [-0.39, 0.29) is 6.23 Å². The fourth-order valence-corrected chi connectivity index (χ4v) is 4.14. The van der Waals surface area contributed by atoms with Crippen LogP contribution < -0.4 is 4.74 Å². The lowest BCUT2D eigenvalue weighted by Gasteiger charge is -2.42. The standard InChI is InChI=1S/C19H31ClN3O3S.C2H6O/c1-4-6-7-8-13-25-18-17(21-27-22-18)15-11-9-12-23(3,14-15)16(10-5-2)26-19(20)24;1-3-2/h11,16H,4-10,12-14H2,1-3H3;1-2H3/q+1;. The van der Waals surface area contributed by atoms with E-state index in [4.69, 9.17) is 21.1 Å². The van der Waals surface area contributed by atoms with E-state index < -0.39 is 5.43 Å². The van der Waals surface area contributed by atoms with E-state index in [0.29, 0.717) is 23.5 Å². The van der Waals surface area contributed by atoms with Crippen LogP contribution >= 0.6 is 23.3 Å². The Morgan fingerprint density at radius 2 is 1.97 bits per heavy atom. The SMILES string of the molecule is CCCCCCOc1nsnc1C1=CCC[N+](C)(C(CCC)OC(=O)Cl)C1.COC. The topological polar surface area (TPSA) is 70.5 Å². The number of halogens is 1. The van der Waals surface area contributed by atoms with Gasteiger partial charge in [-0.25, -0.2) is 4.79 Å². The molecule has 0 aliphatic carbocycles. The summed E-state index contributed by atoms with van der Waals surface area (Å²) < 4.78 is 25.0. The molecule has 2 rings (SSSR count). The molecule has 0 N–H and O–H groups in total. The Labute approximate surface area is 190 Å². The Balaban J connectivity index is 0.00000141. The van der Waals surface area contributed by atoms with Crippen molar-refractivity contribution in [3.63, 3.8) is 0 Å². The Kier molecular flexibility index (Phi) is 13.2. The Morgan fingerprint density at radius 3 is 2.60 bits per heavy atom. The minimum Gasteiger partial charge on any atom is -0.475 e. The van der Waals surface area contributed by atoms with Gasteiger partial charge in [0.2, 0.25) is 6.23 Å². The number of unbranched alkanes of at least 4 members (excludes halogenated alkanes) is 3. The van der Waals surface area contributed by atoms with Gasteiger partial charge >= 0.3 is 5.43 Å². The number of hydrogen-bond acceptors (Lipinski definition) is 7. The summed E-state index contributed by atoms with van der Waals surface area (Å²) in [5, 5.41) is 0. The third-order valence-electron chi connectivity index (χ3n) is 5.02. The molecule has 0 fully saturated rings. The average Bonchev–Trinajstić information content (AvgIpc) is 3.16. The first-order valence-corrected chi connectivity index (χ1v) is 11.8. The molecular weight excluding hydrogens is 426 g/mol. The largest absolute Gasteiger partial charge is 0.475 e. The number of nitrogens with zero attached hydrogens (tertiary/aromatic N) is 3. The molecule has 2 atom stereocenters. The smallest absolute Gasteiger partial charge is 0.408 e. The van der Waals surface area contributed by atoms with E-state index in [1.54, 1.807) is 14.2 Å². The van der Waals surface area contributed by atoms with Crippen LogP contribution in [0.2, 0.25) is 0 Å². The van der Waals surface area contributed by atoms with Gasteiger partial charge in [-0.1, -0.05) is 39.2 Å². The summed E-state index contributed by atoms with van der Waals surface area (Å²) in [5.74, 6) is 0.623. The molecule has 2 heterocycles. The van der Waals surface area contributed by atoms with E-state index in [1.807, 2.05) is 0 Å². The van der Waals surface area contributed by atoms with Gasteiger partial charge in [0.1, 0.15) is 12.2 Å². The average molecular weight is 463 g/mol. The third kappa shape index (κ3) is 8.88. The van der Waals surface area contributed by atoms with E-state index in [0.717, 1.165) is 43.5 Å². The van der Waals surface area contributed by atoms with Crippen molar-refractivity contribution in [1.82, 2.24) is 8.75 Å². The van der Waals surface area contributed by atoms with Crippen molar-refractivity contribution in [2.75, 3.05) is 41.0 Å². The zero-order valence-corrected chi connectivity index (χ0v) is 20.6. The quantitative estimate of drug-likeness (QED) is 0.246. The second-order valence-electron chi connectivity index (χ2n) is 7.71. The minimum atomic E-state index is -0.740. The van der Waals surface area contributed by atoms with Gasteiger partial charge in [-0.3, -0.25) is 4.48 Å². The van der Waals surface area contributed by atoms with Crippen LogP contribution in [0.3, 0.4) is 0 Å². The zero-order valence-electron chi connectivity index (χ0n) is 19.0. The first-order valence-electron chi connectivity index (χ1n) is 10.7. The molecule has 2 unspecified atom stereocenters. The van der Waals surface area contributed by atoms with Crippen molar-refractivity contribution in [3.05, 3.63) is 11.8 Å². The van der Waals surface area contributed by atoms with Crippen LogP contribution in [0.4, 0.5) is 4.79 Å². The van der Waals surface area contributed by atoms with Crippen LogP contribution in [0.1, 0.15) is 64.5 Å². The molecular formula is C21H37ClN3O4S+. The second-order valence-corrected chi connectivity index (χ2v) is 8.55. The maximum atomic E-state index is 11.3. The number of carbonyl (C=O) groups excluding carboxylic acids is 1. The molecule has 1 aromatic heterocycles. The second kappa shape index (κ2) is 14.7. The van der Waals surface area contributed by atoms with E-state index in [9.17, 15) is 4.79 Å². The summed E-state index contributed by atoms with van der Waals surface area (Å²) in [5.41, 5.74) is 1.19. The van der Waals surface area contributed by atoms with Crippen LogP contribution in [0, 0.1) is 0 Å². The fraction of sp³-hybridized carbons (Fsp3) is 0.762. The van der Waals surface area contributed by atoms with Gasteiger partial charge in [0.15, 0.2) is 0 Å². The number of ether oxygens (including phenoxy) is 3. The highest BCUT2D eigenvalue weighted by atomic mass is 35.5. The molecule has 0 amide bonds. The molecule has 0 saturated carbocycles. The minimum absolute atomic E-state index is 0.256. The molecule has 1 aliphatic heterocycles. The van der Waals surface area contributed by atoms with Crippen molar-refractivity contribution < 1.29 is 23.5 Å². The number of aromatic nitrogens is 2.